The Balaban J connectivity index is 1.62. The van der Waals surface area contributed by atoms with Gasteiger partial charge in [-0.25, -0.2) is 4.79 Å². The number of aryl methyl sites for hydroxylation is 1. The maximum atomic E-state index is 13.8. The van der Waals surface area contributed by atoms with Crippen LogP contribution in [0.3, 0.4) is 0 Å². The third-order valence-electron chi connectivity index (χ3n) is 6.21. The molecule has 0 bridgehead atoms. The molecule has 0 amide bonds. The molecule has 0 fully saturated rings. The highest BCUT2D eigenvalue weighted by atomic mass is 16.5. The molecule has 2 aromatic heterocycles. The molecule has 1 N–H and O–H groups in total. The van der Waals surface area contributed by atoms with Crippen LogP contribution in [0.1, 0.15) is 40.9 Å². The Morgan fingerprint density at radius 1 is 0.917 bits per heavy atom. The van der Waals surface area contributed by atoms with Gasteiger partial charge in [-0.3, -0.25) is 4.79 Å². The van der Waals surface area contributed by atoms with E-state index in [2.05, 4.69) is 0 Å². The fraction of sp³-hybridized carbons (Fsp3) is 0.200. The zero-order chi connectivity index (χ0) is 25.1. The summed E-state index contributed by atoms with van der Waals surface area (Å²) in [5.41, 5.74) is 3.01. The lowest BCUT2D eigenvalue weighted by Gasteiger charge is -2.08. The molecule has 2 heterocycles. The van der Waals surface area contributed by atoms with Crippen LogP contribution < -0.4 is 10.4 Å². The monoisotopic (exact) mass is 482 g/mol. The molecule has 3 aromatic carbocycles. The number of furan rings is 1. The summed E-state index contributed by atoms with van der Waals surface area (Å²) in [5, 5.41) is 10.3. The summed E-state index contributed by atoms with van der Waals surface area (Å²) in [7, 11) is 0. The second kappa shape index (κ2) is 10.2. The molecule has 0 radical (unpaired) electrons. The summed E-state index contributed by atoms with van der Waals surface area (Å²) in [6.07, 6.45) is 2.43. The first-order valence-corrected chi connectivity index (χ1v) is 12.0. The van der Waals surface area contributed by atoms with Gasteiger partial charge in [0.2, 0.25) is 5.78 Å². The van der Waals surface area contributed by atoms with Crippen molar-refractivity contribution in [2.75, 3.05) is 13.2 Å². The van der Waals surface area contributed by atoms with Gasteiger partial charge < -0.3 is 18.7 Å². The van der Waals surface area contributed by atoms with E-state index in [0.29, 0.717) is 40.0 Å². The molecule has 0 atom stereocenters. The topological polar surface area (TPSA) is 89.9 Å². The number of hydrogen-bond acceptors (Lipinski definition) is 6. The van der Waals surface area contributed by atoms with E-state index >= 15 is 0 Å². The molecule has 0 aliphatic rings. The third kappa shape index (κ3) is 4.55. The molecule has 6 heteroatoms. The van der Waals surface area contributed by atoms with E-state index in [-0.39, 0.29) is 18.2 Å². The van der Waals surface area contributed by atoms with Gasteiger partial charge in [0.05, 0.1) is 12.0 Å². The number of fused-ring (bicyclic) bond motifs is 3. The first-order chi connectivity index (χ1) is 17.6. The van der Waals surface area contributed by atoms with Gasteiger partial charge in [-0.05, 0) is 61.6 Å². The zero-order valence-corrected chi connectivity index (χ0v) is 20.0. The highest BCUT2D eigenvalue weighted by molar-refractivity contribution is 6.20. The minimum atomic E-state index is -0.454. The van der Waals surface area contributed by atoms with Crippen LogP contribution >= 0.6 is 0 Å². The van der Waals surface area contributed by atoms with E-state index in [1.54, 1.807) is 24.3 Å². The Morgan fingerprint density at radius 2 is 1.75 bits per heavy atom. The number of unbranched alkanes of at least 4 members (excludes halogenated alkanes) is 2. The second-order valence-electron chi connectivity index (χ2n) is 8.73. The van der Waals surface area contributed by atoms with Gasteiger partial charge in [0.15, 0.2) is 5.76 Å². The summed E-state index contributed by atoms with van der Waals surface area (Å²) >= 11 is 0. The second-order valence-corrected chi connectivity index (χ2v) is 8.73. The molecule has 0 spiro atoms. The fourth-order valence-corrected chi connectivity index (χ4v) is 4.44. The predicted molar refractivity (Wildman–Crippen MR) is 139 cm³/mol. The van der Waals surface area contributed by atoms with Crippen LogP contribution in [0.2, 0.25) is 0 Å². The van der Waals surface area contributed by atoms with Crippen molar-refractivity contribution in [3.63, 3.8) is 0 Å². The summed E-state index contributed by atoms with van der Waals surface area (Å²) in [5.74, 6) is 0.473. The van der Waals surface area contributed by atoms with Crippen molar-refractivity contribution < 1.29 is 23.5 Å². The maximum Gasteiger partial charge on any atom is 0.336 e. The molecule has 5 aromatic rings. The molecular weight excluding hydrogens is 456 g/mol. The number of benzene rings is 3. The van der Waals surface area contributed by atoms with Gasteiger partial charge in [-0.2, -0.15) is 0 Å². The Hall–Kier alpha value is -4.16. The average Bonchev–Trinajstić information content (AvgIpc) is 3.29. The summed E-state index contributed by atoms with van der Waals surface area (Å²) < 4.78 is 17.6. The molecule has 0 unspecified atom stereocenters. The van der Waals surface area contributed by atoms with Gasteiger partial charge in [0.1, 0.15) is 16.9 Å². The summed E-state index contributed by atoms with van der Waals surface area (Å²) in [4.78, 5) is 26.0. The molecule has 0 aliphatic heterocycles. The number of hydrogen-bond donors (Lipinski definition) is 1. The standard InChI is InChI=1S/C30H26O6/c1-19-17-25(32)36-29-23(19)13-14-24-27(29)26(20-9-4-2-5-10-20)30(35-24)28(33)21-11-8-12-22(18-21)34-16-7-3-6-15-31/h2,4-5,8-14,17-18,31H,3,6-7,15-16H2,1H3. The Morgan fingerprint density at radius 3 is 2.56 bits per heavy atom. The minimum Gasteiger partial charge on any atom is -0.494 e. The van der Waals surface area contributed by atoms with Crippen molar-refractivity contribution in [3.05, 3.63) is 100 Å². The average molecular weight is 483 g/mol. The van der Waals surface area contributed by atoms with E-state index < -0.39 is 5.63 Å². The third-order valence-corrected chi connectivity index (χ3v) is 6.21. The molecular formula is C30H26O6. The molecule has 0 saturated heterocycles. The number of carbonyl (C=O) groups is 1. The van der Waals surface area contributed by atoms with E-state index in [4.69, 9.17) is 18.7 Å². The number of aliphatic hydroxyl groups excluding tert-OH is 1. The van der Waals surface area contributed by atoms with Crippen LogP contribution in [0.5, 0.6) is 5.75 Å². The SMILES string of the molecule is Cc1cc(=O)oc2c1ccc1oc(C(=O)c3cccc(OCCCCCO)c3)c(-c3ccccc3)c12. The van der Waals surface area contributed by atoms with E-state index in [9.17, 15) is 9.59 Å². The lowest BCUT2D eigenvalue weighted by atomic mass is 9.96. The Bertz CT molecular complexity index is 1590. The van der Waals surface area contributed by atoms with Gasteiger partial charge in [-0.15, -0.1) is 0 Å². The van der Waals surface area contributed by atoms with Gasteiger partial charge >= 0.3 is 5.63 Å². The lowest BCUT2D eigenvalue weighted by Crippen LogP contribution is -2.03. The fourth-order valence-electron chi connectivity index (χ4n) is 4.44. The van der Waals surface area contributed by atoms with E-state index in [1.165, 1.54) is 6.07 Å². The summed E-state index contributed by atoms with van der Waals surface area (Å²) in [6.45, 7) is 2.53. The predicted octanol–water partition coefficient (Wildman–Crippen LogP) is 6.29. The smallest absolute Gasteiger partial charge is 0.336 e. The Kier molecular flexibility index (Phi) is 6.69. The van der Waals surface area contributed by atoms with Crippen molar-refractivity contribution in [2.24, 2.45) is 0 Å². The van der Waals surface area contributed by atoms with Crippen LogP contribution in [0, 0.1) is 6.92 Å². The van der Waals surface area contributed by atoms with Crippen LogP contribution in [-0.2, 0) is 0 Å². The van der Waals surface area contributed by atoms with Crippen LogP contribution in [-0.4, -0.2) is 24.1 Å². The number of ketones is 1. The van der Waals surface area contributed by atoms with Crippen LogP contribution in [0.4, 0.5) is 0 Å². The lowest BCUT2D eigenvalue weighted by molar-refractivity contribution is 0.101. The maximum absolute atomic E-state index is 13.8. The van der Waals surface area contributed by atoms with E-state index in [1.807, 2.05) is 49.4 Å². The van der Waals surface area contributed by atoms with Crippen molar-refractivity contribution in [1.82, 2.24) is 0 Å². The molecule has 0 saturated carbocycles. The zero-order valence-electron chi connectivity index (χ0n) is 20.0. The first-order valence-electron chi connectivity index (χ1n) is 12.0. The number of ether oxygens (including phenoxy) is 1. The normalized spacial score (nSPS) is 11.3. The first kappa shape index (κ1) is 23.6. The Labute approximate surface area is 207 Å². The number of rotatable bonds is 9. The molecule has 0 aliphatic carbocycles. The van der Waals surface area contributed by atoms with Crippen molar-refractivity contribution >= 4 is 27.7 Å². The van der Waals surface area contributed by atoms with Crippen LogP contribution in [0.15, 0.2) is 86.4 Å². The highest BCUT2D eigenvalue weighted by Crippen LogP contribution is 2.40. The molecule has 6 nitrogen and oxygen atoms in total. The van der Waals surface area contributed by atoms with Crippen molar-refractivity contribution in [3.8, 4) is 16.9 Å². The molecule has 36 heavy (non-hydrogen) atoms. The van der Waals surface area contributed by atoms with Gasteiger partial charge in [0.25, 0.3) is 0 Å². The highest BCUT2D eigenvalue weighted by Gasteiger charge is 2.26. The molecule has 5 rings (SSSR count). The van der Waals surface area contributed by atoms with Crippen molar-refractivity contribution in [2.45, 2.75) is 26.2 Å². The van der Waals surface area contributed by atoms with E-state index in [0.717, 1.165) is 35.8 Å². The van der Waals surface area contributed by atoms with Crippen molar-refractivity contribution in [1.29, 1.82) is 0 Å². The minimum absolute atomic E-state index is 0.170. The van der Waals surface area contributed by atoms with Crippen LogP contribution in [0.25, 0.3) is 33.1 Å². The quantitative estimate of drug-likeness (QED) is 0.151. The number of aliphatic hydroxyl groups is 1. The largest absolute Gasteiger partial charge is 0.494 e. The number of carbonyl (C=O) groups excluding carboxylic acids is 1. The van der Waals surface area contributed by atoms with Gasteiger partial charge in [0, 0.05) is 29.2 Å². The van der Waals surface area contributed by atoms with Gasteiger partial charge in [-0.1, -0.05) is 42.5 Å². The summed E-state index contributed by atoms with van der Waals surface area (Å²) in [6, 6.07) is 21.6. The molecule has 182 valence electrons.